The maximum absolute atomic E-state index is 9.65. The van der Waals surface area contributed by atoms with Gasteiger partial charge in [-0.1, -0.05) is 13.8 Å². The van der Waals surface area contributed by atoms with Crippen LogP contribution in [-0.4, -0.2) is 35.6 Å². The summed E-state index contributed by atoms with van der Waals surface area (Å²) in [4.78, 5) is 2.62. The zero-order valence-corrected chi connectivity index (χ0v) is 12.6. The lowest BCUT2D eigenvalue weighted by atomic mass is 9.79. The van der Waals surface area contributed by atoms with E-state index in [1.165, 1.54) is 51.6 Å². The molecule has 108 valence electrons. The van der Waals surface area contributed by atoms with Gasteiger partial charge in [0.2, 0.25) is 0 Å². The minimum absolute atomic E-state index is 0.232. The van der Waals surface area contributed by atoms with Crippen molar-refractivity contribution in [2.75, 3.05) is 13.1 Å². The standard InChI is InChI=1S/C16H29N3/c1-3-10-19(11-4-2)15-6-5-9-16(12-15,13-17)18-14-7-8-14/h14-15,18H,3-12H2,1-2H3. The third-order valence-corrected chi connectivity index (χ3v) is 4.53. The summed E-state index contributed by atoms with van der Waals surface area (Å²) >= 11 is 0. The van der Waals surface area contributed by atoms with Gasteiger partial charge >= 0.3 is 0 Å². The lowest BCUT2D eigenvalue weighted by molar-refractivity contribution is 0.118. The second-order valence-corrected chi connectivity index (χ2v) is 6.40. The highest BCUT2D eigenvalue weighted by molar-refractivity contribution is 5.13. The lowest BCUT2D eigenvalue weighted by Crippen LogP contribution is -2.53. The number of nitriles is 1. The van der Waals surface area contributed by atoms with Gasteiger partial charge in [-0.05, 0) is 64.5 Å². The fourth-order valence-corrected chi connectivity index (χ4v) is 3.49. The van der Waals surface area contributed by atoms with E-state index in [0.717, 1.165) is 12.8 Å². The van der Waals surface area contributed by atoms with E-state index >= 15 is 0 Å². The van der Waals surface area contributed by atoms with Crippen LogP contribution in [0.4, 0.5) is 0 Å². The predicted molar refractivity (Wildman–Crippen MR) is 78.9 cm³/mol. The summed E-state index contributed by atoms with van der Waals surface area (Å²) in [5, 5.41) is 13.3. The van der Waals surface area contributed by atoms with Gasteiger partial charge in [-0.3, -0.25) is 5.32 Å². The summed E-state index contributed by atoms with van der Waals surface area (Å²) in [7, 11) is 0. The van der Waals surface area contributed by atoms with Crippen LogP contribution in [0.5, 0.6) is 0 Å². The highest BCUT2D eigenvalue weighted by Crippen LogP contribution is 2.34. The van der Waals surface area contributed by atoms with Crippen molar-refractivity contribution in [3.63, 3.8) is 0 Å². The fourth-order valence-electron chi connectivity index (χ4n) is 3.49. The van der Waals surface area contributed by atoms with Crippen molar-refractivity contribution in [3.8, 4) is 6.07 Å². The molecule has 0 amide bonds. The van der Waals surface area contributed by atoms with E-state index in [0.29, 0.717) is 12.1 Å². The highest BCUT2D eigenvalue weighted by atomic mass is 15.2. The Hall–Kier alpha value is -0.590. The molecule has 3 heteroatoms. The van der Waals surface area contributed by atoms with Crippen LogP contribution in [-0.2, 0) is 0 Å². The first-order valence-corrected chi connectivity index (χ1v) is 8.16. The molecule has 2 saturated carbocycles. The molecule has 0 spiro atoms. The highest BCUT2D eigenvalue weighted by Gasteiger charge is 2.41. The second-order valence-electron chi connectivity index (χ2n) is 6.40. The van der Waals surface area contributed by atoms with Crippen LogP contribution in [0.25, 0.3) is 0 Å². The zero-order chi connectivity index (χ0) is 13.7. The van der Waals surface area contributed by atoms with Gasteiger partial charge in [0.1, 0.15) is 5.54 Å². The van der Waals surface area contributed by atoms with Crippen molar-refractivity contribution in [3.05, 3.63) is 0 Å². The topological polar surface area (TPSA) is 39.1 Å². The maximum Gasteiger partial charge on any atom is 0.108 e. The van der Waals surface area contributed by atoms with Crippen LogP contribution in [0.3, 0.4) is 0 Å². The van der Waals surface area contributed by atoms with Crippen LogP contribution < -0.4 is 5.32 Å². The second kappa shape index (κ2) is 6.72. The number of hydrogen-bond donors (Lipinski definition) is 1. The Kier molecular flexibility index (Phi) is 5.24. The van der Waals surface area contributed by atoms with Crippen molar-refractivity contribution in [1.82, 2.24) is 10.2 Å². The van der Waals surface area contributed by atoms with Crippen LogP contribution in [0, 0.1) is 11.3 Å². The van der Waals surface area contributed by atoms with E-state index in [-0.39, 0.29) is 5.54 Å². The first-order valence-electron chi connectivity index (χ1n) is 8.16. The molecule has 0 radical (unpaired) electrons. The lowest BCUT2D eigenvalue weighted by Gasteiger charge is -2.42. The van der Waals surface area contributed by atoms with Gasteiger partial charge in [0.25, 0.3) is 0 Å². The molecule has 0 bridgehead atoms. The van der Waals surface area contributed by atoms with Gasteiger partial charge in [-0.2, -0.15) is 5.26 Å². The van der Waals surface area contributed by atoms with E-state index in [4.69, 9.17) is 0 Å². The number of nitrogens with zero attached hydrogens (tertiary/aromatic N) is 2. The normalized spacial score (nSPS) is 31.4. The van der Waals surface area contributed by atoms with Gasteiger partial charge in [0.05, 0.1) is 6.07 Å². The Labute approximate surface area is 118 Å². The summed E-state index contributed by atoms with van der Waals surface area (Å²) in [6, 6.07) is 3.86. The number of nitrogens with one attached hydrogen (secondary N) is 1. The minimum atomic E-state index is -0.232. The third-order valence-electron chi connectivity index (χ3n) is 4.53. The Bertz CT molecular complexity index is 312. The molecule has 2 rings (SSSR count). The molecule has 0 aromatic heterocycles. The molecule has 2 unspecified atom stereocenters. The van der Waals surface area contributed by atoms with Crippen molar-refractivity contribution in [1.29, 1.82) is 5.26 Å². The van der Waals surface area contributed by atoms with Crippen LogP contribution in [0.15, 0.2) is 0 Å². The van der Waals surface area contributed by atoms with Gasteiger partial charge in [0, 0.05) is 12.1 Å². The SMILES string of the molecule is CCCN(CCC)C1CCCC(C#N)(NC2CC2)C1. The Morgan fingerprint density at radius 2 is 1.89 bits per heavy atom. The molecule has 0 aromatic carbocycles. The van der Waals surface area contributed by atoms with E-state index in [1.54, 1.807) is 0 Å². The smallest absolute Gasteiger partial charge is 0.108 e. The first kappa shape index (κ1) is 14.8. The van der Waals surface area contributed by atoms with Crippen LogP contribution in [0.1, 0.15) is 65.2 Å². The van der Waals surface area contributed by atoms with Crippen molar-refractivity contribution in [2.24, 2.45) is 0 Å². The van der Waals surface area contributed by atoms with Crippen molar-refractivity contribution < 1.29 is 0 Å². The number of hydrogen-bond acceptors (Lipinski definition) is 3. The van der Waals surface area contributed by atoms with Gasteiger partial charge in [0.15, 0.2) is 0 Å². The van der Waals surface area contributed by atoms with E-state index < -0.39 is 0 Å². The Morgan fingerprint density at radius 1 is 1.21 bits per heavy atom. The molecule has 0 heterocycles. The van der Waals surface area contributed by atoms with E-state index in [9.17, 15) is 5.26 Å². The third kappa shape index (κ3) is 3.94. The van der Waals surface area contributed by atoms with Gasteiger partial charge in [-0.25, -0.2) is 0 Å². The average molecular weight is 263 g/mol. The summed E-state index contributed by atoms with van der Waals surface area (Å²) in [6.07, 6.45) is 9.50. The molecule has 2 fully saturated rings. The van der Waals surface area contributed by atoms with E-state index in [2.05, 4.69) is 30.1 Å². The molecular formula is C16H29N3. The van der Waals surface area contributed by atoms with Gasteiger partial charge < -0.3 is 4.90 Å². The Morgan fingerprint density at radius 3 is 2.42 bits per heavy atom. The summed E-state index contributed by atoms with van der Waals surface area (Å²) in [6.45, 7) is 6.88. The van der Waals surface area contributed by atoms with Crippen LogP contribution >= 0.6 is 0 Å². The molecule has 2 atom stereocenters. The molecule has 19 heavy (non-hydrogen) atoms. The number of rotatable bonds is 7. The van der Waals surface area contributed by atoms with Crippen molar-refractivity contribution in [2.45, 2.75) is 82.8 Å². The van der Waals surface area contributed by atoms with E-state index in [1.807, 2.05) is 0 Å². The monoisotopic (exact) mass is 263 g/mol. The molecule has 0 aromatic rings. The quantitative estimate of drug-likeness (QED) is 0.767. The minimum Gasteiger partial charge on any atom is -0.300 e. The predicted octanol–water partition coefficient (Wildman–Crippen LogP) is 3.07. The van der Waals surface area contributed by atoms with Gasteiger partial charge in [-0.15, -0.1) is 0 Å². The first-order chi connectivity index (χ1) is 9.23. The van der Waals surface area contributed by atoms with Crippen LogP contribution in [0.2, 0.25) is 0 Å². The summed E-state index contributed by atoms with van der Waals surface area (Å²) in [5.41, 5.74) is -0.232. The van der Waals surface area contributed by atoms with Crippen molar-refractivity contribution >= 4 is 0 Å². The molecule has 2 aliphatic carbocycles. The zero-order valence-electron chi connectivity index (χ0n) is 12.6. The summed E-state index contributed by atoms with van der Waals surface area (Å²) in [5.74, 6) is 0. The molecular weight excluding hydrogens is 234 g/mol. The summed E-state index contributed by atoms with van der Waals surface area (Å²) < 4.78 is 0. The molecule has 0 saturated heterocycles. The largest absolute Gasteiger partial charge is 0.300 e. The molecule has 1 N–H and O–H groups in total. The average Bonchev–Trinajstić information content (AvgIpc) is 3.22. The molecule has 0 aliphatic heterocycles. The molecule has 3 nitrogen and oxygen atoms in total. The fraction of sp³-hybridized carbons (Fsp3) is 0.938. The molecule has 2 aliphatic rings. The maximum atomic E-state index is 9.65. The Balaban J connectivity index is 1.98.